The molecule has 5 heteroatoms. The second kappa shape index (κ2) is 13.2. The van der Waals surface area contributed by atoms with Gasteiger partial charge in [0.15, 0.2) is 0 Å². The lowest BCUT2D eigenvalue weighted by Crippen LogP contribution is -2.39. The third-order valence-electron chi connectivity index (χ3n) is 8.38. The molecule has 0 bridgehead atoms. The number of amides is 1. The van der Waals surface area contributed by atoms with Crippen molar-refractivity contribution in [2.75, 3.05) is 31.5 Å². The molecule has 0 unspecified atom stereocenters. The first-order valence-corrected chi connectivity index (χ1v) is 14.3. The molecule has 1 saturated carbocycles. The summed E-state index contributed by atoms with van der Waals surface area (Å²) in [6.07, 6.45) is 10.7. The number of anilines is 1. The molecule has 0 radical (unpaired) electrons. The zero-order chi connectivity index (χ0) is 26.1. The number of hydrogen-bond donors (Lipinski definition) is 2. The van der Waals surface area contributed by atoms with Crippen molar-refractivity contribution >= 4 is 11.6 Å². The lowest BCUT2D eigenvalue weighted by Gasteiger charge is -2.40. The van der Waals surface area contributed by atoms with E-state index in [-0.39, 0.29) is 17.1 Å². The van der Waals surface area contributed by atoms with Gasteiger partial charge in [0, 0.05) is 29.8 Å². The van der Waals surface area contributed by atoms with Crippen LogP contribution in [0.15, 0.2) is 60.8 Å². The molecule has 2 aromatic carbocycles. The number of nitrogens with one attached hydrogen (secondary N) is 2. The van der Waals surface area contributed by atoms with Crippen molar-refractivity contribution in [3.05, 3.63) is 77.8 Å². The summed E-state index contributed by atoms with van der Waals surface area (Å²) < 4.78 is 13.6. The molecule has 0 aromatic heterocycles. The Kier molecular flexibility index (Phi) is 9.79. The van der Waals surface area contributed by atoms with Crippen LogP contribution in [0.25, 0.3) is 0 Å². The fourth-order valence-electron chi connectivity index (χ4n) is 6.21. The van der Waals surface area contributed by atoms with Crippen LogP contribution in [0.4, 0.5) is 10.1 Å². The molecule has 1 aliphatic carbocycles. The third-order valence-corrected chi connectivity index (χ3v) is 8.38. The van der Waals surface area contributed by atoms with Crippen molar-refractivity contribution < 1.29 is 9.18 Å². The fraction of sp³-hybridized carbons (Fsp3) is 0.531. The fourth-order valence-corrected chi connectivity index (χ4v) is 6.21. The number of likely N-dealkylation sites (tertiary alicyclic amines) is 1. The summed E-state index contributed by atoms with van der Waals surface area (Å²) in [7, 11) is 0. The van der Waals surface area contributed by atoms with Gasteiger partial charge in [-0.2, -0.15) is 0 Å². The minimum absolute atomic E-state index is 0.0746. The van der Waals surface area contributed by atoms with Crippen molar-refractivity contribution in [2.24, 2.45) is 0 Å². The molecule has 1 heterocycles. The monoisotopic (exact) mass is 505 g/mol. The predicted octanol–water partition coefficient (Wildman–Crippen LogP) is 7.14. The van der Waals surface area contributed by atoms with Crippen LogP contribution in [0.5, 0.6) is 0 Å². The smallest absolute Gasteiger partial charge is 0.224 e. The van der Waals surface area contributed by atoms with E-state index in [1.807, 2.05) is 25.1 Å². The van der Waals surface area contributed by atoms with Gasteiger partial charge in [0.2, 0.25) is 5.91 Å². The largest absolute Gasteiger partial charge is 0.388 e. The molecule has 0 atom stereocenters. The van der Waals surface area contributed by atoms with Gasteiger partial charge in [-0.25, -0.2) is 4.39 Å². The molecule has 4 nitrogen and oxygen atoms in total. The van der Waals surface area contributed by atoms with Gasteiger partial charge < -0.3 is 15.5 Å². The Morgan fingerprint density at radius 1 is 1.08 bits per heavy atom. The van der Waals surface area contributed by atoms with E-state index in [0.29, 0.717) is 12.3 Å². The maximum Gasteiger partial charge on any atom is 0.224 e. The maximum absolute atomic E-state index is 13.6. The van der Waals surface area contributed by atoms with Gasteiger partial charge in [-0.3, -0.25) is 4.79 Å². The third kappa shape index (κ3) is 7.22. The first-order valence-electron chi connectivity index (χ1n) is 14.3. The lowest BCUT2D eigenvalue weighted by molar-refractivity contribution is -0.116. The summed E-state index contributed by atoms with van der Waals surface area (Å²) in [6, 6.07) is 15.5. The van der Waals surface area contributed by atoms with Gasteiger partial charge in [-0.05, 0) is 99.5 Å². The molecule has 1 saturated heterocycles. The van der Waals surface area contributed by atoms with Gasteiger partial charge in [0.1, 0.15) is 5.82 Å². The number of carbonyl (C=O) groups excluding carboxylic acids is 1. The second-order valence-corrected chi connectivity index (χ2v) is 10.9. The number of benzene rings is 2. The van der Waals surface area contributed by atoms with Gasteiger partial charge in [0.05, 0.1) is 0 Å². The zero-order valence-electron chi connectivity index (χ0n) is 22.5. The van der Waals surface area contributed by atoms with Gasteiger partial charge >= 0.3 is 0 Å². The molecule has 2 N–H and O–H groups in total. The molecular weight excluding hydrogens is 461 g/mol. The summed E-state index contributed by atoms with van der Waals surface area (Å²) in [5, 5.41) is 6.70. The zero-order valence-corrected chi connectivity index (χ0v) is 22.5. The summed E-state index contributed by atoms with van der Waals surface area (Å²) >= 11 is 0. The molecule has 200 valence electrons. The Hall–Kier alpha value is -2.66. The molecule has 1 amide bonds. The van der Waals surface area contributed by atoms with Gasteiger partial charge in [-0.15, -0.1) is 0 Å². The van der Waals surface area contributed by atoms with Crippen LogP contribution in [0.3, 0.4) is 0 Å². The van der Waals surface area contributed by atoms with Crippen LogP contribution < -0.4 is 10.6 Å². The van der Waals surface area contributed by atoms with E-state index in [1.165, 1.54) is 30.4 Å². The number of hydrogen-bond acceptors (Lipinski definition) is 3. The Labute approximate surface area is 222 Å². The summed E-state index contributed by atoms with van der Waals surface area (Å²) in [6.45, 7) is 10.7. The number of rotatable bonds is 11. The average Bonchev–Trinajstić information content (AvgIpc) is 2.92. The molecule has 4 rings (SSSR count). The van der Waals surface area contributed by atoms with Crippen molar-refractivity contribution in [1.82, 2.24) is 10.2 Å². The first-order chi connectivity index (χ1) is 18.0. The van der Waals surface area contributed by atoms with Crippen LogP contribution in [-0.4, -0.2) is 37.0 Å². The molecule has 2 fully saturated rings. The quantitative estimate of drug-likeness (QED) is 0.319. The van der Waals surface area contributed by atoms with Crippen molar-refractivity contribution in [3.63, 3.8) is 0 Å². The highest BCUT2D eigenvalue weighted by Gasteiger charge is 2.36. The number of carbonyl (C=O) groups is 1. The summed E-state index contributed by atoms with van der Waals surface area (Å²) in [5.41, 5.74) is 4.48. The lowest BCUT2D eigenvalue weighted by atomic mass is 9.67. The van der Waals surface area contributed by atoms with E-state index in [9.17, 15) is 9.18 Å². The highest BCUT2D eigenvalue weighted by Crippen LogP contribution is 2.43. The van der Waals surface area contributed by atoms with Crippen molar-refractivity contribution in [1.29, 1.82) is 0 Å². The number of allylic oxidation sites excluding steroid dienone is 1. The van der Waals surface area contributed by atoms with Crippen LogP contribution >= 0.6 is 0 Å². The van der Waals surface area contributed by atoms with E-state index < -0.39 is 0 Å². The first kappa shape index (κ1) is 27.4. The maximum atomic E-state index is 13.6. The summed E-state index contributed by atoms with van der Waals surface area (Å²) in [5.74, 6) is 0.473. The topological polar surface area (TPSA) is 44.4 Å². The minimum Gasteiger partial charge on any atom is -0.388 e. The molecule has 0 spiro atoms. The van der Waals surface area contributed by atoms with Gasteiger partial charge in [0.25, 0.3) is 0 Å². The van der Waals surface area contributed by atoms with E-state index in [2.05, 4.69) is 40.3 Å². The minimum atomic E-state index is -0.177. The molecule has 2 aliphatic rings. The second-order valence-electron chi connectivity index (χ2n) is 10.9. The Balaban J connectivity index is 1.22. The Morgan fingerprint density at radius 3 is 2.51 bits per heavy atom. The number of piperidine rings is 1. The predicted molar refractivity (Wildman–Crippen MR) is 151 cm³/mol. The summed E-state index contributed by atoms with van der Waals surface area (Å²) in [4.78, 5) is 14.5. The van der Waals surface area contributed by atoms with E-state index >= 15 is 0 Å². The standard InChI is InChI=1S/C32H44FN3O/c1-3-9-31(37)35-30-11-7-10-27(24-30)26-16-22-36(23-17-26)21-8-20-34-25(2)32(18-5-4-6-19-32)28-12-14-29(33)15-13-28/h7,10-15,24,26,34H,2-6,8-9,16-23H2,1H3,(H,35,37). The molecular formula is C32H44FN3O. The molecule has 2 aromatic rings. The highest BCUT2D eigenvalue weighted by molar-refractivity contribution is 5.90. The van der Waals surface area contributed by atoms with Crippen LogP contribution in [-0.2, 0) is 10.2 Å². The van der Waals surface area contributed by atoms with Crippen molar-refractivity contribution in [3.8, 4) is 0 Å². The van der Waals surface area contributed by atoms with E-state index in [4.69, 9.17) is 0 Å². The number of halogens is 1. The normalized spacial score (nSPS) is 18.3. The average molecular weight is 506 g/mol. The SMILES string of the molecule is C=C(NCCCN1CCC(c2cccc(NC(=O)CCC)c2)CC1)C1(c2ccc(F)cc2)CCCCC1. The van der Waals surface area contributed by atoms with Crippen molar-refractivity contribution in [2.45, 2.75) is 82.5 Å². The molecule has 1 aliphatic heterocycles. The molecule has 37 heavy (non-hydrogen) atoms. The van der Waals surface area contributed by atoms with Crippen LogP contribution in [0.1, 0.15) is 88.2 Å². The van der Waals surface area contributed by atoms with E-state index in [1.54, 1.807) is 12.1 Å². The Bertz CT molecular complexity index is 1020. The van der Waals surface area contributed by atoms with E-state index in [0.717, 1.165) is 76.1 Å². The van der Waals surface area contributed by atoms with Crippen LogP contribution in [0, 0.1) is 5.82 Å². The highest BCUT2D eigenvalue weighted by atomic mass is 19.1. The Morgan fingerprint density at radius 2 is 1.81 bits per heavy atom. The van der Waals surface area contributed by atoms with Gasteiger partial charge in [-0.1, -0.05) is 57.0 Å². The van der Waals surface area contributed by atoms with Crippen LogP contribution in [0.2, 0.25) is 0 Å². The number of nitrogens with zero attached hydrogens (tertiary/aromatic N) is 1.